The zero-order valence-electron chi connectivity index (χ0n) is 6.48. The molecule has 0 aliphatic heterocycles. The van der Waals surface area contributed by atoms with Crippen LogP contribution >= 0.6 is 0 Å². The van der Waals surface area contributed by atoms with E-state index in [1.54, 1.807) is 0 Å². The van der Waals surface area contributed by atoms with E-state index in [0.717, 1.165) is 0 Å². The van der Waals surface area contributed by atoms with Crippen molar-refractivity contribution < 1.29 is 0 Å². The molecule has 0 radical (unpaired) electrons. The van der Waals surface area contributed by atoms with Crippen LogP contribution in [0.1, 0.15) is 39.5 Å². The molecule has 1 fully saturated rings. The van der Waals surface area contributed by atoms with E-state index in [-0.39, 0.29) is 0 Å². The second-order valence-corrected chi connectivity index (χ2v) is 3.55. The molecule has 1 saturated carbocycles. The Balaban J connectivity index is 2.24. The fraction of sp³-hybridized carbons (Fsp3) is 1.00. The van der Waals surface area contributed by atoms with Crippen molar-refractivity contribution in [2.45, 2.75) is 45.6 Å². The molecular weight excluding hydrogens is 110 g/mol. The second-order valence-electron chi connectivity index (χ2n) is 3.55. The van der Waals surface area contributed by atoms with E-state index in [0.29, 0.717) is 11.5 Å². The van der Waals surface area contributed by atoms with Gasteiger partial charge in [-0.1, -0.05) is 20.3 Å². The molecule has 1 aliphatic carbocycles. The largest absolute Gasteiger partial charge is 0.327 e. The van der Waals surface area contributed by atoms with Crippen LogP contribution < -0.4 is 5.73 Å². The number of hydrogen-bond acceptors (Lipinski definition) is 1. The summed E-state index contributed by atoms with van der Waals surface area (Å²) in [5.41, 5.74) is 6.46. The lowest BCUT2D eigenvalue weighted by Gasteiger charge is -2.16. The van der Waals surface area contributed by atoms with Gasteiger partial charge in [0.05, 0.1) is 0 Å². The summed E-state index contributed by atoms with van der Waals surface area (Å²) in [4.78, 5) is 0. The molecule has 0 bridgehead atoms. The maximum Gasteiger partial charge on any atom is 0.00928 e. The molecule has 0 saturated heterocycles. The van der Waals surface area contributed by atoms with Crippen molar-refractivity contribution in [2.75, 3.05) is 0 Å². The molecule has 0 aromatic heterocycles. The predicted octanol–water partition coefficient (Wildman–Crippen LogP) is 1.91. The Bertz CT molecular complexity index is 94.7. The fourth-order valence-corrected chi connectivity index (χ4v) is 1.23. The SMILES string of the molecule is CCC[C@@H](N)C1(C)CC1. The predicted molar refractivity (Wildman–Crippen MR) is 40.2 cm³/mol. The summed E-state index contributed by atoms with van der Waals surface area (Å²) in [7, 11) is 0. The minimum absolute atomic E-state index is 0.475. The maximum atomic E-state index is 5.92. The average Bonchev–Trinajstić information content (AvgIpc) is 2.50. The Kier molecular flexibility index (Phi) is 1.80. The van der Waals surface area contributed by atoms with Crippen molar-refractivity contribution in [3.63, 3.8) is 0 Å². The van der Waals surface area contributed by atoms with Crippen molar-refractivity contribution in [3.05, 3.63) is 0 Å². The van der Waals surface area contributed by atoms with Crippen LogP contribution in [0.5, 0.6) is 0 Å². The van der Waals surface area contributed by atoms with Gasteiger partial charge in [-0.2, -0.15) is 0 Å². The summed E-state index contributed by atoms with van der Waals surface area (Å²) in [5, 5.41) is 0. The Morgan fingerprint density at radius 1 is 1.56 bits per heavy atom. The molecule has 0 heterocycles. The van der Waals surface area contributed by atoms with E-state index in [9.17, 15) is 0 Å². The first-order valence-electron chi connectivity index (χ1n) is 3.94. The summed E-state index contributed by atoms with van der Waals surface area (Å²) in [6.07, 6.45) is 5.15. The average molecular weight is 127 g/mol. The van der Waals surface area contributed by atoms with Gasteiger partial charge in [0.25, 0.3) is 0 Å². The summed E-state index contributed by atoms with van der Waals surface area (Å²) >= 11 is 0. The molecule has 1 nitrogen and oxygen atoms in total. The summed E-state index contributed by atoms with van der Waals surface area (Å²) in [6.45, 7) is 4.50. The number of nitrogens with two attached hydrogens (primary N) is 1. The Hall–Kier alpha value is -0.0400. The van der Waals surface area contributed by atoms with Crippen LogP contribution in [0.3, 0.4) is 0 Å². The van der Waals surface area contributed by atoms with E-state index in [1.807, 2.05) is 0 Å². The molecule has 0 amide bonds. The highest BCUT2D eigenvalue weighted by Gasteiger charge is 2.42. The first kappa shape index (κ1) is 7.07. The third kappa shape index (κ3) is 1.45. The smallest absolute Gasteiger partial charge is 0.00928 e. The normalized spacial score (nSPS) is 25.7. The van der Waals surface area contributed by atoms with Crippen LogP contribution in [-0.2, 0) is 0 Å². The van der Waals surface area contributed by atoms with Crippen molar-refractivity contribution in [1.82, 2.24) is 0 Å². The van der Waals surface area contributed by atoms with E-state index in [4.69, 9.17) is 5.73 Å². The van der Waals surface area contributed by atoms with Crippen LogP contribution in [-0.4, -0.2) is 6.04 Å². The Morgan fingerprint density at radius 3 is 2.44 bits per heavy atom. The molecule has 2 N–H and O–H groups in total. The van der Waals surface area contributed by atoms with Gasteiger partial charge in [-0.15, -0.1) is 0 Å². The lowest BCUT2D eigenvalue weighted by Crippen LogP contribution is -2.28. The second kappa shape index (κ2) is 2.30. The Labute approximate surface area is 57.6 Å². The van der Waals surface area contributed by atoms with Gasteiger partial charge >= 0.3 is 0 Å². The van der Waals surface area contributed by atoms with Crippen molar-refractivity contribution >= 4 is 0 Å². The highest BCUT2D eigenvalue weighted by molar-refractivity contribution is 4.96. The zero-order valence-corrected chi connectivity index (χ0v) is 6.48. The van der Waals surface area contributed by atoms with Gasteiger partial charge < -0.3 is 5.73 Å². The number of hydrogen-bond donors (Lipinski definition) is 1. The lowest BCUT2D eigenvalue weighted by molar-refractivity contribution is 0.408. The van der Waals surface area contributed by atoms with Gasteiger partial charge in [0, 0.05) is 6.04 Å². The van der Waals surface area contributed by atoms with Gasteiger partial charge in [-0.25, -0.2) is 0 Å². The van der Waals surface area contributed by atoms with Gasteiger partial charge in [0.15, 0.2) is 0 Å². The van der Waals surface area contributed by atoms with Crippen LogP contribution in [0.2, 0.25) is 0 Å². The van der Waals surface area contributed by atoms with E-state index < -0.39 is 0 Å². The van der Waals surface area contributed by atoms with E-state index in [1.165, 1.54) is 25.7 Å². The van der Waals surface area contributed by atoms with Crippen LogP contribution in [0.15, 0.2) is 0 Å². The molecule has 1 atom stereocenters. The third-order valence-corrected chi connectivity index (χ3v) is 2.53. The van der Waals surface area contributed by atoms with Crippen LogP contribution in [0, 0.1) is 5.41 Å². The highest BCUT2D eigenvalue weighted by Crippen LogP contribution is 2.48. The van der Waals surface area contributed by atoms with Crippen molar-refractivity contribution in [2.24, 2.45) is 11.1 Å². The minimum Gasteiger partial charge on any atom is -0.327 e. The molecule has 0 aromatic carbocycles. The molecule has 9 heavy (non-hydrogen) atoms. The molecule has 0 spiro atoms. The standard InChI is InChI=1S/C8H17N/c1-3-4-7(9)8(2)5-6-8/h7H,3-6,9H2,1-2H3/t7-/m1/s1. The monoisotopic (exact) mass is 127 g/mol. The topological polar surface area (TPSA) is 26.0 Å². The molecular formula is C8H17N. The molecule has 1 heteroatoms. The maximum absolute atomic E-state index is 5.92. The molecule has 0 unspecified atom stereocenters. The summed E-state index contributed by atoms with van der Waals surface area (Å²) in [6, 6.07) is 0.475. The summed E-state index contributed by atoms with van der Waals surface area (Å²) < 4.78 is 0. The quantitative estimate of drug-likeness (QED) is 0.615. The van der Waals surface area contributed by atoms with Crippen LogP contribution in [0.4, 0.5) is 0 Å². The zero-order chi connectivity index (χ0) is 6.91. The van der Waals surface area contributed by atoms with Gasteiger partial charge in [0.1, 0.15) is 0 Å². The highest BCUT2D eigenvalue weighted by atomic mass is 14.7. The third-order valence-electron chi connectivity index (χ3n) is 2.53. The van der Waals surface area contributed by atoms with E-state index >= 15 is 0 Å². The first-order chi connectivity index (χ1) is 4.19. The molecule has 1 aliphatic rings. The number of rotatable bonds is 3. The van der Waals surface area contributed by atoms with Gasteiger partial charge in [-0.05, 0) is 24.7 Å². The van der Waals surface area contributed by atoms with Crippen LogP contribution in [0.25, 0.3) is 0 Å². The fourth-order valence-electron chi connectivity index (χ4n) is 1.23. The van der Waals surface area contributed by atoms with Crippen molar-refractivity contribution in [3.8, 4) is 0 Å². The summed E-state index contributed by atoms with van der Waals surface area (Å²) in [5.74, 6) is 0. The van der Waals surface area contributed by atoms with Gasteiger partial charge in [-0.3, -0.25) is 0 Å². The Morgan fingerprint density at radius 2 is 2.11 bits per heavy atom. The first-order valence-corrected chi connectivity index (χ1v) is 3.94. The van der Waals surface area contributed by atoms with E-state index in [2.05, 4.69) is 13.8 Å². The molecule has 1 rings (SSSR count). The van der Waals surface area contributed by atoms with Gasteiger partial charge in [0.2, 0.25) is 0 Å². The lowest BCUT2D eigenvalue weighted by atomic mass is 9.96. The van der Waals surface area contributed by atoms with Crippen molar-refractivity contribution in [1.29, 1.82) is 0 Å². The minimum atomic E-state index is 0.475. The molecule has 0 aromatic rings. The molecule has 54 valence electrons.